The monoisotopic (exact) mass is 333 g/mol. The minimum absolute atomic E-state index is 0.273. The van der Waals surface area contributed by atoms with Gasteiger partial charge in [-0.25, -0.2) is 0 Å². The molecule has 0 aromatic carbocycles. The number of hydrogen-bond donors (Lipinski definition) is 1. The molecule has 1 aliphatic heterocycles. The molecule has 1 fully saturated rings. The molecule has 0 radical (unpaired) electrons. The number of nitrogens with zero attached hydrogens (tertiary/aromatic N) is 3. The molecule has 0 unspecified atom stereocenters. The Morgan fingerprint density at radius 2 is 2.27 bits per heavy atom. The van der Waals surface area contributed by atoms with Crippen LogP contribution in [0.5, 0.6) is 0 Å². The van der Waals surface area contributed by atoms with E-state index in [1.165, 1.54) is 5.38 Å². The standard InChI is InChI=1S/C13H14F3N3O2S/c1-7-17-12(21-18-7)10-3-9(20)5-19(10)4-8-2-11(22-6-8)13(14,15)16/h2,6,9-10,20H,3-5H2,1H3/t9-,10+/m0/s1. The molecule has 2 aromatic rings. The predicted molar refractivity (Wildman–Crippen MR) is 72.1 cm³/mol. The molecule has 3 rings (SSSR count). The highest BCUT2D eigenvalue weighted by molar-refractivity contribution is 7.10. The lowest BCUT2D eigenvalue weighted by Crippen LogP contribution is -2.24. The highest BCUT2D eigenvalue weighted by atomic mass is 32.1. The zero-order chi connectivity index (χ0) is 15.9. The minimum Gasteiger partial charge on any atom is -0.392 e. The molecule has 1 saturated heterocycles. The number of aliphatic hydroxyl groups excluding tert-OH is 1. The third kappa shape index (κ3) is 3.16. The van der Waals surface area contributed by atoms with Gasteiger partial charge in [0.05, 0.1) is 12.1 Å². The summed E-state index contributed by atoms with van der Waals surface area (Å²) in [7, 11) is 0. The molecule has 0 amide bonds. The van der Waals surface area contributed by atoms with E-state index in [2.05, 4.69) is 10.1 Å². The Kier molecular flexibility index (Phi) is 3.96. The topological polar surface area (TPSA) is 62.4 Å². The van der Waals surface area contributed by atoms with Crippen LogP contribution in [0.4, 0.5) is 13.2 Å². The normalized spacial score (nSPS) is 23.3. The van der Waals surface area contributed by atoms with Gasteiger partial charge in [0.25, 0.3) is 0 Å². The quantitative estimate of drug-likeness (QED) is 0.936. The summed E-state index contributed by atoms with van der Waals surface area (Å²) in [5.41, 5.74) is 0.563. The Labute approximate surface area is 128 Å². The van der Waals surface area contributed by atoms with Crippen LogP contribution in [0.15, 0.2) is 16.0 Å². The molecule has 1 N–H and O–H groups in total. The first kappa shape index (κ1) is 15.4. The van der Waals surface area contributed by atoms with Crippen LogP contribution in [0.1, 0.15) is 34.6 Å². The van der Waals surface area contributed by atoms with Crippen LogP contribution >= 0.6 is 11.3 Å². The summed E-state index contributed by atoms with van der Waals surface area (Å²) < 4.78 is 43.1. The SMILES string of the molecule is Cc1noc([C@H]2C[C@H](O)CN2Cc2csc(C(F)(F)F)c2)n1. The third-order valence-corrected chi connectivity index (χ3v) is 4.55. The van der Waals surface area contributed by atoms with Crippen molar-refractivity contribution >= 4 is 11.3 Å². The fourth-order valence-corrected chi connectivity index (χ4v) is 3.38. The van der Waals surface area contributed by atoms with E-state index in [1.807, 2.05) is 4.90 Å². The highest BCUT2D eigenvalue weighted by Gasteiger charge is 2.37. The van der Waals surface area contributed by atoms with Crippen LogP contribution in [0.25, 0.3) is 0 Å². The molecular weight excluding hydrogens is 319 g/mol. The van der Waals surface area contributed by atoms with Crippen LogP contribution in [0.2, 0.25) is 0 Å². The number of β-amino-alcohol motifs (C(OH)–C–C–N with tert-alkyl or cyclic N) is 1. The van der Waals surface area contributed by atoms with Gasteiger partial charge in [-0.2, -0.15) is 18.2 Å². The van der Waals surface area contributed by atoms with Crippen molar-refractivity contribution in [2.45, 2.75) is 38.2 Å². The first-order valence-electron chi connectivity index (χ1n) is 6.70. The van der Waals surface area contributed by atoms with Crippen LogP contribution in [0, 0.1) is 6.92 Å². The molecule has 120 valence electrons. The number of halogens is 3. The van der Waals surface area contributed by atoms with Crippen LogP contribution in [-0.4, -0.2) is 32.8 Å². The van der Waals surface area contributed by atoms with Gasteiger partial charge in [-0.05, 0) is 30.4 Å². The van der Waals surface area contributed by atoms with E-state index in [1.54, 1.807) is 6.92 Å². The van der Waals surface area contributed by atoms with Gasteiger partial charge in [-0.1, -0.05) is 5.16 Å². The summed E-state index contributed by atoms with van der Waals surface area (Å²) in [6, 6.07) is 0.872. The summed E-state index contributed by atoms with van der Waals surface area (Å²) in [5.74, 6) is 0.881. The Bertz CT molecular complexity index is 655. The number of hydrogen-bond acceptors (Lipinski definition) is 6. The lowest BCUT2D eigenvalue weighted by molar-refractivity contribution is -0.134. The number of alkyl halides is 3. The van der Waals surface area contributed by atoms with Gasteiger partial charge < -0.3 is 9.63 Å². The molecular formula is C13H14F3N3O2S. The molecule has 2 atom stereocenters. The summed E-state index contributed by atoms with van der Waals surface area (Å²) >= 11 is 0.676. The van der Waals surface area contributed by atoms with E-state index in [4.69, 9.17) is 4.52 Å². The van der Waals surface area contributed by atoms with Gasteiger partial charge in [-0.15, -0.1) is 11.3 Å². The number of aliphatic hydroxyl groups is 1. The van der Waals surface area contributed by atoms with Crippen LogP contribution in [-0.2, 0) is 12.7 Å². The van der Waals surface area contributed by atoms with E-state index < -0.39 is 17.2 Å². The fraction of sp³-hybridized carbons (Fsp3) is 0.538. The second kappa shape index (κ2) is 5.64. The van der Waals surface area contributed by atoms with Crippen molar-refractivity contribution in [1.82, 2.24) is 15.0 Å². The van der Waals surface area contributed by atoms with Crippen molar-refractivity contribution in [2.24, 2.45) is 0 Å². The average molecular weight is 333 g/mol. The lowest BCUT2D eigenvalue weighted by atomic mass is 10.2. The maximum Gasteiger partial charge on any atom is 0.425 e. The second-order valence-corrected chi connectivity index (χ2v) is 6.24. The maximum atomic E-state index is 12.6. The molecule has 0 bridgehead atoms. The van der Waals surface area contributed by atoms with Gasteiger partial charge in [-0.3, -0.25) is 4.90 Å². The van der Waals surface area contributed by atoms with E-state index in [0.717, 1.165) is 6.07 Å². The van der Waals surface area contributed by atoms with Crippen molar-refractivity contribution in [2.75, 3.05) is 6.54 Å². The second-order valence-electron chi connectivity index (χ2n) is 5.33. The maximum absolute atomic E-state index is 12.6. The number of aryl methyl sites for hydroxylation is 1. The van der Waals surface area contributed by atoms with Crippen molar-refractivity contribution in [3.8, 4) is 0 Å². The summed E-state index contributed by atoms with van der Waals surface area (Å²) in [4.78, 5) is 5.40. The Morgan fingerprint density at radius 3 is 2.86 bits per heavy atom. The Hall–Kier alpha value is -1.45. The summed E-state index contributed by atoms with van der Waals surface area (Å²) in [6.45, 7) is 2.36. The zero-order valence-corrected chi connectivity index (χ0v) is 12.5. The van der Waals surface area contributed by atoms with Gasteiger partial charge >= 0.3 is 6.18 Å². The van der Waals surface area contributed by atoms with Crippen LogP contribution < -0.4 is 0 Å². The Morgan fingerprint density at radius 1 is 1.50 bits per heavy atom. The van der Waals surface area contributed by atoms with E-state index in [-0.39, 0.29) is 6.04 Å². The molecule has 22 heavy (non-hydrogen) atoms. The molecule has 9 heteroatoms. The highest BCUT2D eigenvalue weighted by Crippen LogP contribution is 2.36. The molecule has 3 heterocycles. The molecule has 0 spiro atoms. The average Bonchev–Trinajstić information content (AvgIpc) is 3.09. The Balaban J connectivity index is 1.76. The van der Waals surface area contributed by atoms with Crippen molar-refractivity contribution in [3.05, 3.63) is 33.6 Å². The van der Waals surface area contributed by atoms with Crippen molar-refractivity contribution < 1.29 is 22.8 Å². The first-order chi connectivity index (χ1) is 10.3. The zero-order valence-electron chi connectivity index (χ0n) is 11.7. The predicted octanol–water partition coefficient (Wildman–Crippen LogP) is 2.77. The molecule has 1 aliphatic rings. The van der Waals surface area contributed by atoms with Gasteiger partial charge in [0.15, 0.2) is 5.82 Å². The molecule has 0 saturated carbocycles. The molecule has 0 aliphatic carbocycles. The summed E-state index contributed by atoms with van der Waals surface area (Å²) in [6.07, 6.45) is -4.45. The van der Waals surface area contributed by atoms with Gasteiger partial charge in [0.2, 0.25) is 5.89 Å². The van der Waals surface area contributed by atoms with Gasteiger partial charge in [0, 0.05) is 13.1 Å². The summed E-state index contributed by atoms with van der Waals surface area (Å²) in [5, 5.41) is 15.1. The van der Waals surface area contributed by atoms with Crippen molar-refractivity contribution in [3.63, 3.8) is 0 Å². The van der Waals surface area contributed by atoms with Crippen molar-refractivity contribution in [1.29, 1.82) is 0 Å². The smallest absolute Gasteiger partial charge is 0.392 e. The number of likely N-dealkylation sites (tertiary alicyclic amines) is 1. The minimum atomic E-state index is -4.32. The van der Waals surface area contributed by atoms with E-state index in [9.17, 15) is 18.3 Å². The number of rotatable bonds is 3. The first-order valence-corrected chi connectivity index (χ1v) is 7.58. The third-order valence-electron chi connectivity index (χ3n) is 3.53. The van der Waals surface area contributed by atoms with Crippen LogP contribution in [0.3, 0.4) is 0 Å². The van der Waals surface area contributed by atoms with Gasteiger partial charge in [0.1, 0.15) is 4.88 Å². The largest absolute Gasteiger partial charge is 0.425 e. The van der Waals surface area contributed by atoms with E-state index in [0.29, 0.717) is 48.1 Å². The fourth-order valence-electron chi connectivity index (χ4n) is 2.60. The lowest BCUT2D eigenvalue weighted by Gasteiger charge is -2.20. The van der Waals surface area contributed by atoms with E-state index >= 15 is 0 Å². The molecule has 2 aromatic heterocycles. The molecule has 5 nitrogen and oxygen atoms in total. The number of aromatic nitrogens is 2. The number of thiophene rings is 1.